The van der Waals surface area contributed by atoms with Gasteiger partial charge in [0.2, 0.25) is 11.8 Å². The number of aryl methyl sites for hydroxylation is 1. The molecule has 0 aromatic heterocycles. The van der Waals surface area contributed by atoms with Crippen LogP contribution in [0.25, 0.3) is 0 Å². The molecule has 0 aliphatic rings. The molecule has 0 saturated carbocycles. The average Bonchev–Trinajstić information content (AvgIpc) is 2.72. The van der Waals surface area contributed by atoms with E-state index in [2.05, 4.69) is 10.6 Å². The third kappa shape index (κ3) is 6.81. The Labute approximate surface area is 170 Å². The molecule has 3 aromatic rings. The Morgan fingerprint density at radius 3 is 2.07 bits per heavy atom. The maximum atomic E-state index is 12.1. The maximum Gasteiger partial charge on any atom is 0.226 e. The van der Waals surface area contributed by atoms with Crippen molar-refractivity contribution in [2.24, 2.45) is 0 Å². The fraction of sp³-hybridized carbons (Fsp3) is 0.167. The summed E-state index contributed by atoms with van der Waals surface area (Å²) in [4.78, 5) is 24.0. The summed E-state index contributed by atoms with van der Waals surface area (Å²) in [5.41, 5.74) is 2.80. The van der Waals surface area contributed by atoms with Crippen LogP contribution in [0.3, 0.4) is 0 Å². The fourth-order valence-corrected chi connectivity index (χ4v) is 2.73. The van der Waals surface area contributed by atoms with E-state index in [-0.39, 0.29) is 18.2 Å². The van der Waals surface area contributed by atoms with E-state index in [0.717, 1.165) is 11.3 Å². The van der Waals surface area contributed by atoms with Crippen LogP contribution in [0.4, 0.5) is 5.69 Å². The summed E-state index contributed by atoms with van der Waals surface area (Å²) in [6.07, 6.45) is 0.521. The van der Waals surface area contributed by atoms with Gasteiger partial charge >= 0.3 is 0 Å². The Morgan fingerprint density at radius 1 is 0.793 bits per heavy atom. The predicted octanol–water partition coefficient (Wildman–Crippen LogP) is 4.47. The summed E-state index contributed by atoms with van der Waals surface area (Å²) >= 11 is 0. The molecular formula is C24H24N2O3. The van der Waals surface area contributed by atoms with Gasteiger partial charge in [0.15, 0.2) is 0 Å². The van der Waals surface area contributed by atoms with Gasteiger partial charge in [0.05, 0.1) is 6.42 Å². The standard InChI is InChI=1S/C24H24N2O3/c1-18-7-11-21(12-8-18)29-22-13-9-20(10-14-22)26-23(27)15-16-25-24(28)17-19-5-3-2-4-6-19/h2-14H,15-17H2,1H3,(H,25,28)(H,26,27). The van der Waals surface area contributed by atoms with E-state index < -0.39 is 0 Å². The van der Waals surface area contributed by atoms with Gasteiger partial charge in [-0.15, -0.1) is 0 Å². The molecule has 0 aliphatic carbocycles. The first-order chi connectivity index (χ1) is 14.1. The molecule has 0 fully saturated rings. The second kappa shape index (κ2) is 10.1. The molecule has 0 bridgehead atoms. The molecule has 2 amide bonds. The summed E-state index contributed by atoms with van der Waals surface area (Å²) in [6.45, 7) is 2.32. The van der Waals surface area contributed by atoms with E-state index in [4.69, 9.17) is 4.74 Å². The van der Waals surface area contributed by atoms with E-state index in [1.807, 2.05) is 61.5 Å². The molecule has 5 heteroatoms. The molecule has 5 nitrogen and oxygen atoms in total. The van der Waals surface area contributed by atoms with Crippen molar-refractivity contribution >= 4 is 17.5 Å². The molecule has 29 heavy (non-hydrogen) atoms. The zero-order chi connectivity index (χ0) is 20.5. The Bertz CT molecular complexity index is 936. The zero-order valence-electron chi connectivity index (χ0n) is 16.4. The third-order valence-electron chi connectivity index (χ3n) is 4.28. The van der Waals surface area contributed by atoms with E-state index in [1.54, 1.807) is 24.3 Å². The van der Waals surface area contributed by atoms with Gasteiger partial charge in [0.1, 0.15) is 11.5 Å². The number of hydrogen-bond donors (Lipinski definition) is 2. The van der Waals surface area contributed by atoms with Gasteiger partial charge in [-0.05, 0) is 48.9 Å². The largest absolute Gasteiger partial charge is 0.457 e. The first-order valence-electron chi connectivity index (χ1n) is 9.53. The number of anilines is 1. The SMILES string of the molecule is Cc1ccc(Oc2ccc(NC(=O)CCNC(=O)Cc3ccccc3)cc2)cc1. The molecule has 0 unspecified atom stereocenters. The van der Waals surface area contributed by atoms with Crippen LogP contribution in [0.1, 0.15) is 17.5 Å². The molecule has 0 aliphatic heterocycles. The minimum atomic E-state index is -0.155. The highest BCUT2D eigenvalue weighted by Gasteiger charge is 2.06. The van der Waals surface area contributed by atoms with Crippen LogP contribution in [-0.2, 0) is 16.0 Å². The van der Waals surface area contributed by atoms with Crippen molar-refractivity contribution in [3.05, 3.63) is 90.0 Å². The Hall–Kier alpha value is -3.60. The minimum absolute atomic E-state index is 0.0957. The van der Waals surface area contributed by atoms with Crippen LogP contribution in [-0.4, -0.2) is 18.4 Å². The summed E-state index contributed by atoms with van der Waals surface area (Å²) in [7, 11) is 0. The number of hydrogen-bond acceptors (Lipinski definition) is 3. The molecule has 0 atom stereocenters. The molecular weight excluding hydrogens is 364 g/mol. The first-order valence-corrected chi connectivity index (χ1v) is 9.53. The van der Waals surface area contributed by atoms with Crippen molar-refractivity contribution in [2.75, 3.05) is 11.9 Å². The quantitative estimate of drug-likeness (QED) is 0.598. The van der Waals surface area contributed by atoms with Crippen molar-refractivity contribution in [2.45, 2.75) is 19.8 Å². The molecule has 2 N–H and O–H groups in total. The minimum Gasteiger partial charge on any atom is -0.457 e. The number of ether oxygens (including phenoxy) is 1. The zero-order valence-corrected chi connectivity index (χ0v) is 16.4. The highest BCUT2D eigenvalue weighted by molar-refractivity contribution is 5.91. The van der Waals surface area contributed by atoms with Crippen LogP contribution in [0.5, 0.6) is 11.5 Å². The van der Waals surface area contributed by atoms with Crippen LogP contribution in [0, 0.1) is 6.92 Å². The molecule has 0 heterocycles. The van der Waals surface area contributed by atoms with Crippen LogP contribution in [0.2, 0.25) is 0 Å². The van der Waals surface area contributed by atoms with Gasteiger partial charge < -0.3 is 15.4 Å². The molecule has 0 spiro atoms. The lowest BCUT2D eigenvalue weighted by molar-refractivity contribution is -0.120. The number of carbonyl (C=O) groups excluding carboxylic acids is 2. The highest BCUT2D eigenvalue weighted by atomic mass is 16.5. The van der Waals surface area contributed by atoms with E-state index >= 15 is 0 Å². The lowest BCUT2D eigenvalue weighted by Crippen LogP contribution is -2.28. The number of amides is 2. The smallest absolute Gasteiger partial charge is 0.226 e. The average molecular weight is 388 g/mol. The number of benzene rings is 3. The summed E-state index contributed by atoms with van der Waals surface area (Å²) in [5.74, 6) is 1.21. The molecule has 148 valence electrons. The first kappa shape index (κ1) is 20.1. The third-order valence-corrected chi connectivity index (χ3v) is 4.28. The Kier molecular flexibility index (Phi) is 7.00. The maximum absolute atomic E-state index is 12.1. The van der Waals surface area contributed by atoms with Gasteiger partial charge in [-0.25, -0.2) is 0 Å². The van der Waals surface area contributed by atoms with Gasteiger partial charge in [-0.2, -0.15) is 0 Å². The van der Waals surface area contributed by atoms with Crippen LogP contribution >= 0.6 is 0 Å². The van der Waals surface area contributed by atoms with Crippen molar-refractivity contribution in [3.8, 4) is 11.5 Å². The van der Waals surface area contributed by atoms with E-state index in [0.29, 0.717) is 24.4 Å². The second-order valence-electron chi connectivity index (χ2n) is 6.75. The van der Waals surface area contributed by atoms with Crippen molar-refractivity contribution in [3.63, 3.8) is 0 Å². The van der Waals surface area contributed by atoms with Gasteiger partial charge in [0, 0.05) is 18.7 Å². The predicted molar refractivity (Wildman–Crippen MR) is 114 cm³/mol. The van der Waals surface area contributed by atoms with Crippen molar-refractivity contribution < 1.29 is 14.3 Å². The van der Waals surface area contributed by atoms with Crippen molar-refractivity contribution in [1.82, 2.24) is 5.32 Å². The fourth-order valence-electron chi connectivity index (χ4n) is 2.73. The normalized spacial score (nSPS) is 10.2. The number of rotatable bonds is 8. The monoisotopic (exact) mass is 388 g/mol. The lowest BCUT2D eigenvalue weighted by Gasteiger charge is -2.09. The number of nitrogens with one attached hydrogen (secondary N) is 2. The van der Waals surface area contributed by atoms with E-state index in [9.17, 15) is 9.59 Å². The second-order valence-corrected chi connectivity index (χ2v) is 6.75. The lowest BCUT2D eigenvalue weighted by atomic mass is 10.1. The highest BCUT2D eigenvalue weighted by Crippen LogP contribution is 2.23. The van der Waals surface area contributed by atoms with Gasteiger partial charge in [-0.3, -0.25) is 9.59 Å². The topological polar surface area (TPSA) is 67.4 Å². The molecule has 3 aromatic carbocycles. The summed E-state index contributed by atoms with van der Waals surface area (Å²) in [6, 6.07) is 24.5. The van der Waals surface area contributed by atoms with Gasteiger partial charge in [0.25, 0.3) is 0 Å². The molecule has 3 rings (SSSR count). The van der Waals surface area contributed by atoms with Crippen LogP contribution in [0.15, 0.2) is 78.9 Å². The summed E-state index contributed by atoms with van der Waals surface area (Å²) < 4.78 is 5.77. The van der Waals surface area contributed by atoms with Crippen molar-refractivity contribution in [1.29, 1.82) is 0 Å². The van der Waals surface area contributed by atoms with Crippen LogP contribution < -0.4 is 15.4 Å². The van der Waals surface area contributed by atoms with Gasteiger partial charge in [-0.1, -0.05) is 48.0 Å². The number of carbonyl (C=O) groups is 2. The molecule has 0 radical (unpaired) electrons. The Morgan fingerprint density at radius 2 is 1.41 bits per heavy atom. The summed E-state index contributed by atoms with van der Waals surface area (Å²) in [5, 5.41) is 5.59. The molecule has 0 saturated heterocycles. The van der Waals surface area contributed by atoms with E-state index in [1.165, 1.54) is 5.56 Å². The Balaban J connectivity index is 1.40.